The van der Waals surface area contributed by atoms with Crippen LogP contribution in [0.25, 0.3) is 33.4 Å². The van der Waals surface area contributed by atoms with Crippen LogP contribution in [0, 0.1) is 0 Å². The molecule has 0 spiro atoms. The molecule has 8 nitrogen and oxygen atoms in total. The summed E-state index contributed by atoms with van der Waals surface area (Å²) in [5.41, 5.74) is 9.86. The number of nitrogens with zero attached hydrogens (tertiary/aromatic N) is 4. The number of aromatic nitrogens is 4. The average Bonchev–Trinajstić information content (AvgIpc) is 3.44. The van der Waals surface area contributed by atoms with Crippen molar-refractivity contribution in [2.24, 2.45) is 0 Å². The third-order valence-corrected chi connectivity index (χ3v) is 7.30. The average molecular weight is 420 g/mol. The molecule has 5 rings (SSSR count). The minimum Gasteiger partial charge on any atom is -0.384 e. The van der Waals surface area contributed by atoms with Crippen molar-refractivity contribution in [3.63, 3.8) is 0 Å². The van der Waals surface area contributed by atoms with Crippen LogP contribution in [0.3, 0.4) is 0 Å². The first-order chi connectivity index (χ1) is 14.5. The third-order valence-electron chi connectivity index (χ3n) is 5.38. The Morgan fingerprint density at radius 1 is 0.933 bits per heavy atom. The lowest BCUT2D eigenvalue weighted by Crippen LogP contribution is -2.27. The number of nitrogens with one attached hydrogen (secondary N) is 1. The molecule has 2 aromatic heterocycles. The Hall–Kier alpha value is -3.30. The molecule has 0 atom stereocenters. The van der Waals surface area contributed by atoms with Gasteiger partial charge in [-0.05, 0) is 48.2 Å². The van der Waals surface area contributed by atoms with Crippen LogP contribution >= 0.6 is 0 Å². The Morgan fingerprint density at radius 2 is 1.67 bits per heavy atom. The van der Waals surface area contributed by atoms with E-state index in [1.165, 1.54) is 6.33 Å². The van der Waals surface area contributed by atoms with Gasteiger partial charge in [0.1, 0.15) is 17.8 Å². The predicted octanol–water partition coefficient (Wildman–Crippen LogP) is 3.05. The fourth-order valence-corrected chi connectivity index (χ4v) is 5.30. The first-order valence-corrected chi connectivity index (χ1v) is 11.1. The zero-order chi connectivity index (χ0) is 20.7. The number of H-pyrrole nitrogens is 1. The highest BCUT2D eigenvalue weighted by molar-refractivity contribution is 7.89. The van der Waals surface area contributed by atoms with E-state index in [-0.39, 0.29) is 0 Å². The molecule has 0 radical (unpaired) electrons. The summed E-state index contributed by atoms with van der Waals surface area (Å²) in [6.07, 6.45) is 3.25. The zero-order valence-corrected chi connectivity index (χ0v) is 16.9. The molecule has 0 unspecified atom stereocenters. The van der Waals surface area contributed by atoms with Gasteiger partial charge in [0.25, 0.3) is 0 Å². The van der Waals surface area contributed by atoms with Crippen molar-refractivity contribution >= 4 is 26.7 Å². The van der Waals surface area contributed by atoms with E-state index in [1.54, 1.807) is 22.5 Å². The monoisotopic (exact) mass is 420 g/mol. The van der Waals surface area contributed by atoms with Crippen LogP contribution in [0.15, 0.2) is 59.8 Å². The molecule has 30 heavy (non-hydrogen) atoms. The SMILES string of the molecule is Nc1cc(-c2n[nH]c3ccc(-c4ccc(S(=O)(=O)N5CCCC5)cc4)cc23)ncn1. The molecule has 0 aliphatic carbocycles. The number of benzene rings is 2. The largest absolute Gasteiger partial charge is 0.384 e. The lowest BCUT2D eigenvalue weighted by atomic mass is 10.0. The van der Waals surface area contributed by atoms with E-state index in [9.17, 15) is 8.42 Å². The van der Waals surface area contributed by atoms with Gasteiger partial charge in [0, 0.05) is 24.5 Å². The van der Waals surface area contributed by atoms with Crippen molar-refractivity contribution in [3.8, 4) is 22.5 Å². The van der Waals surface area contributed by atoms with Crippen molar-refractivity contribution in [1.82, 2.24) is 24.5 Å². The maximum Gasteiger partial charge on any atom is 0.243 e. The summed E-state index contributed by atoms with van der Waals surface area (Å²) in [5.74, 6) is 0.377. The maximum atomic E-state index is 12.7. The molecule has 1 aliphatic heterocycles. The maximum absolute atomic E-state index is 12.7. The minimum atomic E-state index is -3.42. The van der Waals surface area contributed by atoms with Crippen LogP contribution in [0.2, 0.25) is 0 Å². The van der Waals surface area contributed by atoms with Crippen LogP contribution in [0.1, 0.15) is 12.8 Å². The second-order valence-electron chi connectivity index (χ2n) is 7.30. The number of anilines is 1. The van der Waals surface area contributed by atoms with Gasteiger partial charge in [-0.2, -0.15) is 9.40 Å². The lowest BCUT2D eigenvalue weighted by Gasteiger charge is -2.15. The zero-order valence-electron chi connectivity index (χ0n) is 16.1. The number of fused-ring (bicyclic) bond motifs is 1. The fraction of sp³-hybridized carbons (Fsp3) is 0.190. The molecule has 4 aromatic rings. The summed E-state index contributed by atoms with van der Waals surface area (Å²) < 4.78 is 27.0. The summed E-state index contributed by atoms with van der Waals surface area (Å²) in [6, 6.07) is 14.6. The second kappa shape index (κ2) is 7.19. The van der Waals surface area contributed by atoms with Crippen molar-refractivity contribution in [2.75, 3.05) is 18.8 Å². The number of hydrogen-bond acceptors (Lipinski definition) is 6. The highest BCUT2D eigenvalue weighted by atomic mass is 32.2. The van der Waals surface area contributed by atoms with E-state index in [0.29, 0.717) is 35.2 Å². The predicted molar refractivity (Wildman–Crippen MR) is 115 cm³/mol. The van der Waals surface area contributed by atoms with E-state index < -0.39 is 10.0 Å². The van der Waals surface area contributed by atoms with E-state index in [1.807, 2.05) is 30.3 Å². The molecule has 2 aromatic carbocycles. The van der Waals surface area contributed by atoms with Gasteiger partial charge in [0.15, 0.2) is 0 Å². The van der Waals surface area contributed by atoms with Crippen LogP contribution in [0.4, 0.5) is 5.82 Å². The van der Waals surface area contributed by atoms with Crippen molar-refractivity contribution in [2.45, 2.75) is 17.7 Å². The van der Waals surface area contributed by atoms with Crippen LogP contribution in [-0.4, -0.2) is 46.0 Å². The lowest BCUT2D eigenvalue weighted by molar-refractivity contribution is 0.477. The second-order valence-corrected chi connectivity index (χ2v) is 9.23. The first kappa shape index (κ1) is 18.7. The van der Waals surface area contributed by atoms with E-state index in [0.717, 1.165) is 34.9 Å². The number of nitrogens with two attached hydrogens (primary N) is 1. The normalized spacial score (nSPS) is 15.1. The topological polar surface area (TPSA) is 118 Å². The minimum absolute atomic E-state index is 0.328. The summed E-state index contributed by atoms with van der Waals surface area (Å²) in [4.78, 5) is 8.52. The molecule has 1 aliphatic rings. The highest BCUT2D eigenvalue weighted by Crippen LogP contribution is 2.31. The molecule has 0 saturated carbocycles. The standard InChI is InChI=1S/C21H20N6O2S/c22-20-12-19(23-13-24-20)21-17-11-15(5-8-18(17)25-26-21)14-3-6-16(7-4-14)30(28,29)27-9-1-2-10-27/h3-8,11-13H,1-2,9-10H2,(H,25,26)(H2,22,23,24). The van der Waals surface area contributed by atoms with Crippen molar-refractivity contribution in [3.05, 3.63) is 54.9 Å². The third kappa shape index (κ3) is 3.21. The Balaban J connectivity index is 1.51. The summed E-state index contributed by atoms with van der Waals surface area (Å²) in [7, 11) is -3.42. The van der Waals surface area contributed by atoms with Gasteiger partial charge < -0.3 is 5.73 Å². The van der Waals surface area contributed by atoms with Crippen molar-refractivity contribution < 1.29 is 8.42 Å². The number of rotatable bonds is 4. The molecule has 0 amide bonds. The van der Waals surface area contributed by atoms with E-state index in [4.69, 9.17) is 5.73 Å². The molecule has 9 heteroatoms. The Morgan fingerprint density at radius 3 is 2.40 bits per heavy atom. The Bertz CT molecular complexity index is 1330. The molecule has 1 saturated heterocycles. The van der Waals surface area contributed by atoms with Crippen molar-refractivity contribution in [1.29, 1.82) is 0 Å². The van der Waals surface area contributed by atoms with E-state index in [2.05, 4.69) is 20.2 Å². The quantitative estimate of drug-likeness (QED) is 0.524. The molecule has 1 fully saturated rings. The van der Waals surface area contributed by atoms with Gasteiger partial charge in [0.05, 0.1) is 16.1 Å². The molecule has 3 heterocycles. The molecular formula is C21H20N6O2S. The van der Waals surface area contributed by atoms with Gasteiger partial charge in [-0.1, -0.05) is 18.2 Å². The Kier molecular flexibility index (Phi) is 4.48. The van der Waals surface area contributed by atoms with Gasteiger partial charge in [0.2, 0.25) is 10.0 Å². The van der Waals surface area contributed by atoms with Gasteiger partial charge in [-0.25, -0.2) is 18.4 Å². The Labute approximate surface area is 173 Å². The van der Waals surface area contributed by atoms with Gasteiger partial charge in [-0.15, -0.1) is 0 Å². The number of nitrogen functional groups attached to an aromatic ring is 1. The van der Waals surface area contributed by atoms with Crippen LogP contribution < -0.4 is 5.73 Å². The summed E-state index contributed by atoms with van der Waals surface area (Å²) in [6.45, 7) is 1.19. The smallest absolute Gasteiger partial charge is 0.243 e. The van der Waals surface area contributed by atoms with Gasteiger partial charge in [-0.3, -0.25) is 5.10 Å². The highest BCUT2D eigenvalue weighted by Gasteiger charge is 2.26. The number of hydrogen-bond donors (Lipinski definition) is 2. The number of aromatic amines is 1. The summed E-state index contributed by atoms with van der Waals surface area (Å²) in [5, 5.41) is 8.29. The molecule has 3 N–H and O–H groups in total. The van der Waals surface area contributed by atoms with Crippen LogP contribution in [-0.2, 0) is 10.0 Å². The first-order valence-electron chi connectivity index (χ1n) is 9.69. The number of sulfonamides is 1. The van der Waals surface area contributed by atoms with Crippen LogP contribution in [0.5, 0.6) is 0 Å². The summed E-state index contributed by atoms with van der Waals surface area (Å²) >= 11 is 0. The molecule has 152 valence electrons. The van der Waals surface area contributed by atoms with E-state index >= 15 is 0 Å². The molecule has 0 bridgehead atoms. The molecular weight excluding hydrogens is 400 g/mol. The fourth-order valence-electron chi connectivity index (χ4n) is 3.79. The van der Waals surface area contributed by atoms with Gasteiger partial charge >= 0.3 is 0 Å².